The highest BCUT2D eigenvalue weighted by molar-refractivity contribution is 6.33. The summed E-state index contributed by atoms with van der Waals surface area (Å²) < 4.78 is 5.99. The van der Waals surface area contributed by atoms with Gasteiger partial charge in [-0.25, -0.2) is 4.85 Å². The summed E-state index contributed by atoms with van der Waals surface area (Å²) in [5.74, 6) is 0.672. The summed E-state index contributed by atoms with van der Waals surface area (Å²) in [6.45, 7) is 9.03. The number of hydrogen-bond donors (Lipinski definition) is 1. The monoisotopic (exact) mass is 368 g/mol. The Morgan fingerprint density at radius 1 is 1.15 bits per heavy atom. The Morgan fingerprint density at radius 3 is 2.46 bits per heavy atom. The SMILES string of the molecule is [C-]#[N+]c1ccc(OC2CCC(NC(=O)c3ccc(C)cc3)CC2)cc1Cl. The molecule has 3 rings (SSSR count). The molecule has 0 atom stereocenters. The van der Waals surface area contributed by atoms with Crippen LogP contribution in [0.3, 0.4) is 0 Å². The maximum absolute atomic E-state index is 12.3. The highest BCUT2D eigenvalue weighted by atomic mass is 35.5. The van der Waals surface area contributed by atoms with Crippen LogP contribution in [0, 0.1) is 13.5 Å². The van der Waals surface area contributed by atoms with Gasteiger partial charge >= 0.3 is 0 Å². The third-order valence-corrected chi connectivity index (χ3v) is 4.97. The minimum atomic E-state index is -0.0177. The lowest BCUT2D eigenvalue weighted by molar-refractivity contribution is 0.0894. The molecular formula is C21H21ClN2O2. The Morgan fingerprint density at radius 2 is 1.85 bits per heavy atom. The zero-order valence-corrected chi connectivity index (χ0v) is 15.4. The molecule has 1 N–H and O–H groups in total. The van der Waals surface area contributed by atoms with Crippen LogP contribution in [0.2, 0.25) is 5.02 Å². The van der Waals surface area contributed by atoms with Gasteiger partial charge in [0.05, 0.1) is 17.7 Å². The fraction of sp³-hybridized carbons (Fsp3) is 0.333. The van der Waals surface area contributed by atoms with Crippen LogP contribution in [0.4, 0.5) is 5.69 Å². The highest BCUT2D eigenvalue weighted by Gasteiger charge is 2.24. The van der Waals surface area contributed by atoms with Crippen molar-refractivity contribution in [3.05, 3.63) is 70.0 Å². The molecule has 0 saturated heterocycles. The second-order valence-corrected chi connectivity index (χ2v) is 7.06. The van der Waals surface area contributed by atoms with E-state index >= 15 is 0 Å². The lowest BCUT2D eigenvalue weighted by Gasteiger charge is -2.29. The van der Waals surface area contributed by atoms with Crippen molar-refractivity contribution in [2.45, 2.75) is 44.8 Å². The van der Waals surface area contributed by atoms with E-state index in [-0.39, 0.29) is 18.1 Å². The van der Waals surface area contributed by atoms with E-state index in [9.17, 15) is 4.79 Å². The van der Waals surface area contributed by atoms with Crippen LogP contribution >= 0.6 is 11.6 Å². The van der Waals surface area contributed by atoms with Gasteiger partial charge in [0.15, 0.2) is 0 Å². The Kier molecular flexibility index (Phi) is 5.80. The van der Waals surface area contributed by atoms with Crippen LogP contribution < -0.4 is 10.1 Å². The van der Waals surface area contributed by atoms with Crippen LogP contribution in [-0.4, -0.2) is 18.1 Å². The van der Waals surface area contributed by atoms with E-state index < -0.39 is 0 Å². The van der Waals surface area contributed by atoms with Crippen molar-refractivity contribution in [1.29, 1.82) is 0 Å². The third kappa shape index (κ3) is 4.56. The van der Waals surface area contributed by atoms with Crippen LogP contribution in [0.15, 0.2) is 42.5 Å². The van der Waals surface area contributed by atoms with E-state index in [1.807, 2.05) is 31.2 Å². The minimum absolute atomic E-state index is 0.0177. The molecule has 2 aromatic rings. The maximum atomic E-state index is 12.3. The molecule has 4 nitrogen and oxygen atoms in total. The first-order valence-electron chi connectivity index (χ1n) is 8.76. The van der Waals surface area contributed by atoms with E-state index in [0.29, 0.717) is 22.0 Å². The van der Waals surface area contributed by atoms with Gasteiger partial charge < -0.3 is 10.1 Å². The number of carbonyl (C=O) groups excluding carboxylic acids is 1. The van der Waals surface area contributed by atoms with Crippen molar-refractivity contribution in [2.24, 2.45) is 0 Å². The largest absolute Gasteiger partial charge is 0.490 e. The lowest BCUT2D eigenvalue weighted by atomic mass is 9.92. The molecule has 5 heteroatoms. The van der Waals surface area contributed by atoms with Gasteiger partial charge in [0, 0.05) is 11.6 Å². The van der Waals surface area contributed by atoms with Crippen molar-refractivity contribution in [1.82, 2.24) is 5.32 Å². The lowest BCUT2D eigenvalue weighted by Crippen LogP contribution is -2.39. The number of benzene rings is 2. The van der Waals surface area contributed by atoms with Gasteiger partial charge in [-0.3, -0.25) is 4.79 Å². The zero-order chi connectivity index (χ0) is 18.5. The number of carbonyl (C=O) groups is 1. The molecule has 0 unspecified atom stereocenters. The van der Waals surface area contributed by atoms with E-state index in [0.717, 1.165) is 31.2 Å². The number of rotatable bonds is 4. The van der Waals surface area contributed by atoms with Crippen molar-refractivity contribution in [3.63, 3.8) is 0 Å². The van der Waals surface area contributed by atoms with Crippen molar-refractivity contribution < 1.29 is 9.53 Å². The number of aryl methyl sites for hydroxylation is 1. The number of amides is 1. The predicted octanol–water partition coefficient (Wildman–Crippen LogP) is 5.32. The van der Waals surface area contributed by atoms with E-state index in [2.05, 4.69) is 10.2 Å². The fourth-order valence-electron chi connectivity index (χ4n) is 3.14. The van der Waals surface area contributed by atoms with Crippen LogP contribution in [0.1, 0.15) is 41.6 Å². The second-order valence-electron chi connectivity index (χ2n) is 6.66. The highest BCUT2D eigenvalue weighted by Crippen LogP contribution is 2.31. The topological polar surface area (TPSA) is 42.7 Å². The fourth-order valence-corrected chi connectivity index (χ4v) is 3.36. The average molecular weight is 369 g/mol. The predicted molar refractivity (Wildman–Crippen MR) is 103 cm³/mol. The van der Waals surface area contributed by atoms with Crippen LogP contribution in [0.25, 0.3) is 4.85 Å². The molecule has 26 heavy (non-hydrogen) atoms. The van der Waals surface area contributed by atoms with Gasteiger partial charge in [-0.1, -0.05) is 35.4 Å². The third-order valence-electron chi connectivity index (χ3n) is 4.67. The first-order chi connectivity index (χ1) is 12.5. The molecule has 0 aromatic heterocycles. The molecular weight excluding hydrogens is 348 g/mol. The first kappa shape index (κ1) is 18.3. The molecule has 1 saturated carbocycles. The van der Waals surface area contributed by atoms with Gasteiger partial charge in [0.1, 0.15) is 5.75 Å². The van der Waals surface area contributed by atoms with Crippen molar-refractivity contribution >= 4 is 23.2 Å². The summed E-state index contributed by atoms with van der Waals surface area (Å²) in [5.41, 5.74) is 2.27. The van der Waals surface area contributed by atoms with E-state index in [4.69, 9.17) is 22.9 Å². The molecule has 1 aliphatic rings. The number of nitrogens with one attached hydrogen (secondary N) is 1. The van der Waals surface area contributed by atoms with Crippen LogP contribution in [0.5, 0.6) is 5.75 Å². The van der Waals surface area contributed by atoms with E-state index in [1.54, 1.807) is 18.2 Å². The summed E-state index contributed by atoms with van der Waals surface area (Å²) in [6.07, 6.45) is 3.63. The van der Waals surface area contributed by atoms with E-state index in [1.165, 1.54) is 0 Å². The molecule has 1 fully saturated rings. The Balaban J connectivity index is 1.49. The Hall–Kier alpha value is -2.51. The molecule has 2 aromatic carbocycles. The van der Waals surface area contributed by atoms with Crippen LogP contribution in [-0.2, 0) is 0 Å². The summed E-state index contributed by atoms with van der Waals surface area (Å²) in [7, 11) is 0. The first-order valence-corrected chi connectivity index (χ1v) is 9.14. The summed E-state index contributed by atoms with van der Waals surface area (Å²) in [5, 5.41) is 3.53. The van der Waals surface area contributed by atoms with Gasteiger partial charge in [0.2, 0.25) is 5.69 Å². The zero-order valence-electron chi connectivity index (χ0n) is 14.7. The maximum Gasteiger partial charge on any atom is 0.251 e. The normalized spacial score (nSPS) is 19.4. The number of nitrogens with zero attached hydrogens (tertiary/aromatic N) is 1. The Labute approximate surface area is 158 Å². The quantitative estimate of drug-likeness (QED) is 0.742. The van der Waals surface area contributed by atoms with Crippen molar-refractivity contribution in [3.8, 4) is 5.75 Å². The van der Waals surface area contributed by atoms with Gasteiger partial charge in [-0.05, 0) is 56.9 Å². The summed E-state index contributed by atoms with van der Waals surface area (Å²) in [6, 6.07) is 12.9. The van der Waals surface area contributed by atoms with Crippen molar-refractivity contribution in [2.75, 3.05) is 0 Å². The molecule has 0 bridgehead atoms. The average Bonchev–Trinajstić information content (AvgIpc) is 2.64. The smallest absolute Gasteiger partial charge is 0.251 e. The number of halogens is 1. The molecule has 0 aliphatic heterocycles. The molecule has 0 heterocycles. The molecule has 1 aliphatic carbocycles. The molecule has 0 radical (unpaired) electrons. The molecule has 0 spiro atoms. The molecule has 1 amide bonds. The minimum Gasteiger partial charge on any atom is -0.490 e. The summed E-state index contributed by atoms with van der Waals surface area (Å²) >= 11 is 6.05. The van der Waals surface area contributed by atoms with Gasteiger partial charge in [-0.2, -0.15) is 0 Å². The summed E-state index contributed by atoms with van der Waals surface area (Å²) in [4.78, 5) is 15.7. The Bertz CT molecular complexity index is 819. The molecule has 134 valence electrons. The second kappa shape index (κ2) is 8.25. The number of ether oxygens (including phenoxy) is 1. The number of hydrogen-bond acceptors (Lipinski definition) is 2. The van der Waals surface area contributed by atoms with Gasteiger partial charge in [-0.15, -0.1) is 0 Å². The van der Waals surface area contributed by atoms with Gasteiger partial charge in [0.25, 0.3) is 5.91 Å². The standard InChI is InChI=1S/C21H21ClN2O2/c1-14-3-5-15(6-4-14)21(25)24-16-7-9-17(10-8-16)26-18-11-12-20(23-2)19(22)13-18/h3-6,11-13,16-17H,7-10H2,1H3,(H,24,25).